The molecular formula is C19H20BrN3O6. The molecule has 0 aliphatic heterocycles. The van der Waals surface area contributed by atoms with Crippen molar-refractivity contribution in [2.75, 3.05) is 13.2 Å². The quantitative estimate of drug-likeness (QED) is 0.348. The zero-order chi connectivity index (χ0) is 21.6. The van der Waals surface area contributed by atoms with Crippen LogP contribution in [0.1, 0.15) is 23.6 Å². The average Bonchev–Trinajstić information content (AvgIpc) is 2.63. The van der Waals surface area contributed by atoms with Gasteiger partial charge in [-0.2, -0.15) is 5.10 Å². The number of non-ortho nitro benzene ring substituents is 1. The van der Waals surface area contributed by atoms with Gasteiger partial charge in [-0.05, 0) is 44.0 Å². The molecule has 1 amide bonds. The standard InChI is InChI=1S/C19H20BrN3O6/c1-4-28-16-8-15(23(26)27)7-13(18(16)25)9-21-22-17(24)10-29-19-11(2)5-14(20)6-12(19)3/h5-9,25H,4,10H2,1-3H3,(H,22,24)/b21-9-. The van der Waals surface area contributed by atoms with Gasteiger partial charge in [-0.15, -0.1) is 0 Å². The number of amides is 1. The molecule has 0 atom stereocenters. The minimum absolute atomic E-state index is 0.0310. The van der Waals surface area contributed by atoms with Crippen LogP contribution in [0.15, 0.2) is 33.8 Å². The lowest BCUT2D eigenvalue weighted by Crippen LogP contribution is -2.25. The summed E-state index contributed by atoms with van der Waals surface area (Å²) in [6, 6.07) is 5.99. The number of nitrogens with one attached hydrogen (secondary N) is 1. The number of ether oxygens (including phenoxy) is 2. The highest BCUT2D eigenvalue weighted by atomic mass is 79.9. The highest BCUT2D eigenvalue weighted by Gasteiger charge is 2.16. The van der Waals surface area contributed by atoms with Gasteiger partial charge in [-0.1, -0.05) is 15.9 Å². The number of hydrazone groups is 1. The van der Waals surface area contributed by atoms with Gasteiger partial charge in [-0.3, -0.25) is 14.9 Å². The third kappa shape index (κ3) is 5.92. The summed E-state index contributed by atoms with van der Waals surface area (Å²) >= 11 is 3.39. The number of nitro groups is 1. The van der Waals surface area contributed by atoms with Gasteiger partial charge in [0.15, 0.2) is 18.1 Å². The Balaban J connectivity index is 2.06. The second kappa shape index (κ2) is 9.87. The van der Waals surface area contributed by atoms with E-state index in [4.69, 9.17) is 9.47 Å². The first-order valence-electron chi connectivity index (χ1n) is 8.58. The molecule has 0 aliphatic rings. The van der Waals surface area contributed by atoms with Crippen LogP contribution in [0.5, 0.6) is 17.2 Å². The maximum atomic E-state index is 12.0. The lowest BCUT2D eigenvalue weighted by molar-refractivity contribution is -0.385. The number of halogens is 1. The maximum Gasteiger partial charge on any atom is 0.277 e. The molecule has 0 radical (unpaired) electrons. The molecule has 2 rings (SSSR count). The zero-order valence-electron chi connectivity index (χ0n) is 16.1. The van der Waals surface area contributed by atoms with E-state index in [9.17, 15) is 20.0 Å². The van der Waals surface area contributed by atoms with Crippen molar-refractivity contribution in [2.24, 2.45) is 5.10 Å². The molecule has 9 nitrogen and oxygen atoms in total. The Morgan fingerprint density at radius 1 is 1.28 bits per heavy atom. The molecule has 0 unspecified atom stereocenters. The SMILES string of the molecule is CCOc1cc([N+](=O)[O-])cc(/C=N\NC(=O)COc2c(C)cc(Br)cc2C)c1O. The highest BCUT2D eigenvalue weighted by molar-refractivity contribution is 9.10. The van der Waals surface area contributed by atoms with E-state index in [1.807, 2.05) is 26.0 Å². The molecule has 2 N–H and O–H groups in total. The van der Waals surface area contributed by atoms with Gasteiger partial charge in [0.2, 0.25) is 0 Å². The van der Waals surface area contributed by atoms with Crippen molar-refractivity contribution >= 4 is 33.7 Å². The van der Waals surface area contributed by atoms with Crippen LogP contribution in [0.4, 0.5) is 5.69 Å². The largest absolute Gasteiger partial charge is 0.504 e. The van der Waals surface area contributed by atoms with Crippen LogP contribution in [0.2, 0.25) is 0 Å². The lowest BCUT2D eigenvalue weighted by atomic mass is 10.1. The van der Waals surface area contributed by atoms with Crippen LogP contribution in [0.3, 0.4) is 0 Å². The topological polar surface area (TPSA) is 123 Å². The molecule has 2 aromatic carbocycles. The number of carbonyl (C=O) groups is 1. The molecule has 0 saturated carbocycles. The first-order chi connectivity index (χ1) is 13.7. The summed E-state index contributed by atoms with van der Waals surface area (Å²) in [6.07, 6.45) is 1.10. The summed E-state index contributed by atoms with van der Waals surface area (Å²) in [5.41, 5.74) is 3.76. The summed E-state index contributed by atoms with van der Waals surface area (Å²) < 4.78 is 11.6. The minimum atomic E-state index is -0.616. The molecule has 0 bridgehead atoms. The van der Waals surface area contributed by atoms with Crippen LogP contribution >= 0.6 is 15.9 Å². The number of nitro benzene ring substituents is 1. The number of hydrogen-bond donors (Lipinski definition) is 2. The highest BCUT2D eigenvalue weighted by Crippen LogP contribution is 2.33. The molecule has 0 aliphatic carbocycles. The maximum absolute atomic E-state index is 12.0. The van der Waals surface area contributed by atoms with E-state index < -0.39 is 10.8 Å². The van der Waals surface area contributed by atoms with E-state index in [0.717, 1.165) is 33.9 Å². The number of carbonyl (C=O) groups excluding carboxylic acids is 1. The van der Waals surface area contributed by atoms with E-state index in [1.54, 1.807) is 6.92 Å². The van der Waals surface area contributed by atoms with Crippen molar-refractivity contribution in [3.8, 4) is 17.2 Å². The van der Waals surface area contributed by atoms with Gasteiger partial charge >= 0.3 is 0 Å². The van der Waals surface area contributed by atoms with Crippen molar-refractivity contribution in [2.45, 2.75) is 20.8 Å². The van der Waals surface area contributed by atoms with Gasteiger partial charge in [0.1, 0.15) is 5.75 Å². The molecule has 2 aromatic rings. The monoisotopic (exact) mass is 465 g/mol. The Kier molecular flexibility index (Phi) is 7.54. The van der Waals surface area contributed by atoms with Crippen molar-refractivity contribution in [1.29, 1.82) is 0 Å². The van der Waals surface area contributed by atoms with E-state index in [2.05, 4.69) is 26.5 Å². The molecular weight excluding hydrogens is 446 g/mol. The van der Waals surface area contributed by atoms with Gasteiger partial charge in [0.25, 0.3) is 11.6 Å². The zero-order valence-corrected chi connectivity index (χ0v) is 17.6. The molecule has 10 heteroatoms. The predicted molar refractivity (Wildman–Crippen MR) is 111 cm³/mol. The number of benzene rings is 2. The number of aryl methyl sites for hydroxylation is 2. The molecule has 0 aromatic heterocycles. The van der Waals surface area contributed by atoms with Gasteiger partial charge < -0.3 is 14.6 Å². The van der Waals surface area contributed by atoms with E-state index in [1.165, 1.54) is 0 Å². The van der Waals surface area contributed by atoms with E-state index in [-0.39, 0.29) is 36.0 Å². The Bertz CT molecular complexity index is 938. The van der Waals surface area contributed by atoms with Crippen molar-refractivity contribution in [3.05, 3.63) is 55.5 Å². The summed E-state index contributed by atoms with van der Waals surface area (Å²) in [5, 5.41) is 24.9. The van der Waals surface area contributed by atoms with Crippen LogP contribution < -0.4 is 14.9 Å². The van der Waals surface area contributed by atoms with E-state index in [0.29, 0.717) is 5.75 Å². The third-order valence-corrected chi connectivity index (χ3v) is 4.22. The fourth-order valence-corrected chi connectivity index (χ4v) is 3.24. The van der Waals surface area contributed by atoms with E-state index >= 15 is 0 Å². The molecule has 0 spiro atoms. The molecule has 0 saturated heterocycles. The second-order valence-corrected chi connectivity index (χ2v) is 6.94. The summed E-state index contributed by atoms with van der Waals surface area (Å²) in [7, 11) is 0. The average molecular weight is 466 g/mol. The van der Waals surface area contributed by atoms with Crippen LogP contribution in [-0.4, -0.2) is 35.4 Å². The number of phenolic OH excluding ortho intramolecular Hbond substituents is 1. The number of hydrogen-bond acceptors (Lipinski definition) is 7. The number of rotatable bonds is 8. The van der Waals surface area contributed by atoms with Crippen molar-refractivity contribution in [1.82, 2.24) is 5.43 Å². The Labute approximate surface area is 175 Å². The number of phenols is 1. The Hall–Kier alpha value is -3.14. The van der Waals surface area contributed by atoms with Gasteiger partial charge in [0, 0.05) is 16.1 Å². The molecule has 154 valence electrons. The first kappa shape index (κ1) is 22.2. The fraction of sp³-hybridized carbons (Fsp3) is 0.263. The predicted octanol–water partition coefficient (Wildman–Crippen LogP) is 3.61. The molecule has 0 heterocycles. The first-order valence-corrected chi connectivity index (χ1v) is 9.37. The van der Waals surface area contributed by atoms with Gasteiger partial charge in [0.05, 0.1) is 23.8 Å². The smallest absolute Gasteiger partial charge is 0.277 e. The Morgan fingerprint density at radius 3 is 2.52 bits per heavy atom. The van der Waals surface area contributed by atoms with Crippen LogP contribution in [0, 0.1) is 24.0 Å². The lowest BCUT2D eigenvalue weighted by Gasteiger charge is -2.12. The summed E-state index contributed by atoms with van der Waals surface area (Å²) in [4.78, 5) is 22.4. The van der Waals surface area contributed by atoms with Crippen LogP contribution in [0.25, 0.3) is 0 Å². The molecule has 29 heavy (non-hydrogen) atoms. The fourth-order valence-electron chi connectivity index (χ4n) is 2.55. The van der Waals surface area contributed by atoms with Crippen molar-refractivity contribution in [3.63, 3.8) is 0 Å². The van der Waals surface area contributed by atoms with Gasteiger partial charge in [-0.25, -0.2) is 5.43 Å². The normalized spacial score (nSPS) is 10.8. The number of nitrogens with zero attached hydrogens (tertiary/aromatic N) is 2. The van der Waals surface area contributed by atoms with Crippen molar-refractivity contribution < 1.29 is 24.3 Å². The number of aromatic hydroxyl groups is 1. The minimum Gasteiger partial charge on any atom is -0.504 e. The Morgan fingerprint density at radius 2 is 1.93 bits per heavy atom. The summed E-state index contributed by atoms with van der Waals surface area (Å²) in [5.74, 6) is -0.283. The van der Waals surface area contributed by atoms with Crippen LogP contribution in [-0.2, 0) is 4.79 Å². The summed E-state index contributed by atoms with van der Waals surface area (Å²) in [6.45, 7) is 5.36. The second-order valence-electron chi connectivity index (χ2n) is 6.02. The molecule has 0 fully saturated rings. The third-order valence-electron chi connectivity index (χ3n) is 3.77.